The Hall–Kier alpha value is -3.06. The minimum Gasteiger partial charge on any atom is -0.497 e. The summed E-state index contributed by atoms with van der Waals surface area (Å²) in [7, 11) is 5.07. The zero-order chi connectivity index (χ0) is 20.0. The number of hydrogen-bond acceptors (Lipinski definition) is 5. The molecule has 7 nitrogen and oxygen atoms in total. The van der Waals surface area contributed by atoms with Crippen LogP contribution >= 0.6 is 0 Å². The zero-order valence-electron chi connectivity index (χ0n) is 16.0. The molecule has 0 spiro atoms. The molecular formula is C20H25N3O4. The van der Waals surface area contributed by atoms with Gasteiger partial charge in [-0.2, -0.15) is 0 Å². The van der Waals surface area contributed by atoms with Gasteiger partial charge in [0, 0.05) is 29.4 Å². The average molecular weight is 371 g/mol. The molecule has 0 saturated heterocycles. The van der Waals surface area contributed by atoms with Crippen molar-refractivity contribution < 1.29 is 19.1 Å². The Morgan fingerprint density at radius 1 is 1.11 bits per heavy atom. The summed E-state index contributed by atoms with van der Waals surface area (Å²) in [6.45, 7) is 2.35. The molecule has 0 saturated carbocycles. The molecule has 0 radical (unpaired) electrons. The second-order valence-corrected chi connectivity index (χ2v) is 6.20. The van der Waals surface area contributed by atoms with Crippen LogP contribution in [0.3, 0.4) is 0 Å². The van der Waals surface area contributed by atoms with Crippen LogP contribution in [0.2, 0.25) is 0 Å². The van der Waals surface area contributed by atoms with E-state index in [0.717, 1.165) is 5.56 Å². The maximum atomic E-state index is 12.5. The van der Waals surface area contributed by atoms with Crippen LogP contribution in [0.15, 0.2) is 42.5 Å². The van der Waals surface area contributed by atoms with E-state index in [1.165, 1.54) is 0 Å². The van der Waals surface area contributed by atoms with Crippen LogP contribution in [0.5, 0.6) is 11.5 Å². The van der Waals surface area contributed by atoms with Crippen molar-refractivity contribution in [1.82, 2.24) is 4.90 Å². The number of nitrogens with two attached hydrogens (primary N) is 1. The topological polar surface area (TPSA) is 93.9 Å². The molecule has 3 N–H and O–H groups in total. The average Bonchev–Trinajstić information content (AvgIpc) is 2.67. The lowest BCUT2D eigenvalue weighted by molar-refractivity contribution is -0.120. The van der Waals surface area contributed by atoms with Crippen LogP contribution in [0, 0.1) is 0 Å². The Balaban J connectivity index is 2.02. The molecule has 0 aromatic heterocycles. The summed E-state index contributed by atoms with van der Waals surface area (Å²) in [6.07, 6.45) is 0. The van der Waals surface area contributed by atoms with Crippen molar-refractivity contribution in [3.8, 4) is 11.5 Å². The molecule has 0 aliphatic rings. The number of amides is 2. The van der Waals surface area contributed by atoms with E-state index in [-0.39, 0.29) is 11.9 Å². The first-order chi connectivity index (χ1) is 12.8. The van der Waals surface area contributed by atoms with E-state index >= 15 is 0 Å². The number of anilines is 1. The fraction of sp³-hybridized carbons (Fsp3) is 0.300. The molecule has 0 unspecified atom stereocenters. The summed E-state index contributed by atoms with van der Waals surface area (Å²) in [5.74, 6) is 0.755. The summed E-state index contributed by atoms with van der Waals surface area (Å²) in [5.41, 5.74) is 7.16. The molecule has 0 bridgehead atoms. The van der Waals surface area contributed by atoms with Crippen molar-refractivity contribution in [3.05, 3.63) is 53.6 Å². The van der Waals surface area contributed by atoms with E-state index in [9.17, 15) is 9.59 Å². The molecule has 2 aromatic rings. The first-order valence-corrected chi connectivity index (χ1v) is 8.47. The Morgan fingerprint density at radius 3 is 2.33 bits per heavy atom. The quantitative estimate of drug-likeness (QED) is 0.742. The number of ether oxygens (including phenoxy) is 2. The van der Waals surface area contributed by atoms with Gasteiger partial charge in [0.2, 0.25) is 11.8 Å². The number of methoxy groups -OCH3 is 2. The van der Waals surface area contributed by atoms with E-state index in [1.54, 1.807) is 38.5 Å². The molecule has 7 heteroatoms. The number of hydrogen-bond donors (Lipinski definition) is 2. The fourth-order valence-electron chi connectivity index (χ4n) is 2.55. The predicted molar refractivity (Wildman–Crippen MR) is 104 cm³/mol. The van der Waals surface area contributed by atoms with Crippen LogP contribution in [0.4, 0.5) is 5.69 Å². The Bertz CT molecular complexity index is 805. The Kier molecular flexibility index (Phi) is 6.79. The number of likely N-dealkylation sites (N-methyl/N-ethyl adjacent to an activating group) is 1. The van der Waals surface area contributed by atoms with Crippen LogP contribution in [0.25, 0.3) is 0 Å². The van der Waals surface area contributed by atoms with Gasteiger partial charge in [0.25, 0.3) is 0 Å². The van der Waals surface area contributed by atoms with Gasteiger partial charge in [-0.25, -0.2) is 0 Å². The van der Waals surface area contributed by atoms with Gasteiger partial charge in [0.15, 0.2) is 0 Å². The van der Waals surface area contributed by atoms with Gasteiger partial charge >= 0.3 is 0 Å². The number of benzene rings is 2. The number of primary amides is 1. The summed E-state index contributed by atoms with van der Waals surface area (Å²) in [6, 6.07) is 11.7. The first-order valence-electron chi connectivity index (χ1n) is 8.47. The van der Waals surface area contributed by atoms with Crippen molar-refractivity contribution in [2.45, 2.75) is 19.5 Å². The third-order valence-electron chi connectivity index (χ3n) is 4.39. The van der Waals surface area contributed by atoms with Crippen molar-refractivity contribution >= 4 is 17.5 Å². The molecular weight excluding hydrogens is 346 g/mol. The molecule has 2 amide bonds. The molecule has 2 aromatic carbocycles. The van der Waals surface area contributed by atoms with E-state index in [0.29, 0.717) is 29.3 Å². The summed E-state index contributed by atoms with van der Waals surface area (Å²) < 4.78 is 10.6. The van der Waals surface area contributed by atoms with Gasteiger partial charge in [-0.3, -0.25) is 14.5 Å². The summed E-state index contributed by atoms with van der Waals surface area (Å²) >= 11 is 0. The zero-order valence-corrected chi connectivity index (χ0v) is 16.0. The van der Waals surface area contributed by atoms with Gasteiger partial charge in [0.05, 0.1) is 20.3 Å². The lowest BCUT2D eigenvalue weighted by atomic mass is 10.1. The SMILES string of the molecule is COc1ccc(CN(C)[C@@H](C)C(=O)Nc2ccc(C(N)=O)cc2)c(OC)c1. The third-order valence-corrected chi connectivity index (χ3v) is 4.39. The van der Waals surface area contributed by atoms with Gasteiger partial charge < -0.3 is 20.5 Å². The number of nitrogens with zero attached hydrogens (tertiary/aromatic N) is 1. The highest BCUT2D eigenvalue weighted by Gasteiger charge is 2.20. The Labute approximate surface area is 159 Å². The highest BCUT2D eigenvalue weighted by atomic mass is 16.5. The minimum absolute atomic E-state index is 0.156. The van der Waals surface area contributed by atoms with Crippen LogP contribution in [0.1, 0.15) is 22.8 Å². The summed E-state index contributed by atoms with van der Waals surface area (Å²) in [4.78, 5) is 25.5. The highest BCUT2D eigenvalue weighted by Crippen LogP contribution is 2.26. The van der Waals surface area contributed by atoms with Gasteiger partial charge in [-0.05, 0) is 44.3 Å². The van der Waals surface area contributed by atoms with Crippen molar-refractivity contribution in [2.24, 2.45) is 5.73 Å². The number of carbonyl (C=O) groups is 2. The van der Waals surface area contributed by atoms with Gasteiger partial charge in [0.1, 0.15) is 11.5 Å². The molecule has 2 rings (SSSR count). The lowest BCUT2D eigenvalue weighted by Crippen LogP contribution is -2.39. The maximum Gasteiger partial charge on any atom is 0.248 e. The van der Waals surface area contributed by atoms with E-state index in [1.807, 2.05) is 37.1 Å². The summed E-state index contributed by atoms with van der Waals surface area (Å²) in [5, 5.41) is 2.84. The second-order valence-electron chi connectivity index (χ2n) is 6.20. The Morgan fingerprint density at radius 2 is 1.78 bits per heavy atom. The molecule has 0 aliphatic heterocycles. The molecule has 0 fully saturated rings. The van der Waals surface area contributed by atoms with Crippen LogP contribution in [-0.2, 0) is 11.3 Å². The first kappa shape index (κ1) is 20.3. The van der Waals surface area contributed by atoms with Gasteiger partial charge in [-0.1, -0.05) is 6.07 Å². The molecule has 27 heavy (non-hydrogen) atoms. The van der Waals surface area contributed by atoms with Crippen molar-refractivity contribution in [1.29, 1.82) is 0 Å². The van der Waals surface area contributed by atoms with E-state index in [4.69, 9.17) is 15.2 Å². The number of rotatable bonds is 8. The third kappa shape index (κ3) is 5.21. The van der Waals surface area contributed by atoms with Crippen LogP contribution in [-0.4, -0.2) is 44.0 Å². The van der Waals surface area contributed by atoms with Crippen LogP contribution < -0.4 is 20.5 Å². The monoisotopic (exact) mass is 371 g/mol. The maximum absolute atomic E-state index is 12.5. The largest absolute Gasteiger partial charge is 0.497 e. The molecule has 0 aliphatic carbocycles. The fourth-order valence-corrected chi connectivity index (χ4v) is 2.55. The number of carbonyl (C=O) groups excluding carboxylic acids is 2. The smallest absolute Gasteiger partial charge is 0.248 e. The lowest BCUT2D eigenvalue weighted by Gasteiger charge is -2.25. The molecule has 1 atom stereocenters. The number of nitrogens with one attached hydrogen (secondary N) is 1. The minimum atomic E-state index is -0.505. The predicted octanol–water partition coefficient (Wildman–Crippen LogP) is 2.26. The highest BCUT2D eigenvalue weighted by molar-refractivity contribution is 5.96. The standard InChI is InChI=1S/C20H25N3O4/c1-13(20(25)22-16-8-5-14(6-9-16)19(21)24)23(2)12-15-7-10-17(26-3)11-18(15)27-4/h5-11,13H,12H2,1-4H3,(H2,21,24)(H,22,25)/t13-/m0/s1. The normalized spacial score (nSPS) is 11.7. The van der Waals surface area contributed by atoms with Gasteiger partial charge in [-0.15, -0.1) is 0 Å². The van der Waals surface area contributed by atoms with Crippen molar-refractivity contribution in [2.75, 3.05) is 26.6 Å². The molecule has 0 heterocycles. The van der Waals surface area contributed by atoms with Crippen molar-refractivity contribution in [3.63, 3.8) is 0 Å². The van der Waals surface area contributed by atoms with E-state index in [2.05, 4.69) is 5.32 Å². The second kappa shape index (κ2) is 9.05. The molecule has 144 valence electrons. The van der Waals surface area contributed by atoms with E-state index < -0.39 is 5.91 Å².